The first-order chi connectivity index (χ1) is 21.1. The second kappa shape index (κ2) is 10.3. The summed E-state index contributed by atoms with van der Waals surface area (Å²) in [5.41, 5.74) is 10.9. The lowest BCUT2D eigenvalue weighted by Gasteiger charge is -2.32. The fourth-order valence-corrected chi connectivity index (χ4v) is 6.55. The van der Waals surface area contributed by atoms with Gasteiger partial charge in [-0.2, -0.15) is 0 Å². The second-order valence-corrected chi connectivity index (χ2v) is 11.5. The molecule has 0 aliphatic carbocycles. The van der Waals surface area contributed by atoms with Crippen LogP contribution >= 0.6 is 0 Å². The largest absolute Gasteiger partial charge is 0.351 e. The van der Waals surface area contributed by atoms with Crippen molar-refractivity contribution >= 4 is 33.1 Å². The highest BCUT2D eigenvalue weighted by Gasteiger charge is 2.24. The summed E-state index contributed by atoms with van der Waals surface area (Å²) < 4.78 is 3.78. The van der Waals surface area contributed by atoms with E-state index in [0.717, 1.165) is 88.1 Å². The van der Waals surface area contributed by atoms with Gasteiger partial charge in [-0.25, -0.2) is 19.7 Å². The van der Waals surface area contributed by atoms with E-state index >= 15 is 0 Å². The number of fused-ring (bicyclic) bond motifs is 3. The molecule has 8 heteroatoms. The van der Waals surface area contributed by atoms with Gasteiger partial charge in [0.15, 0.2) is 0 Å². The monoisotopic (exact) mass is 565 g/mol. The molecule has 1 fully saturated rings. The zero-order valence-electron chi connectivity index (χ0n) is 23.9. The van der Waals surface area contributed by atoms with E-state index in [1.54, 1.807) is 10.9 Å². The number of hydrogen-bond donors (Lipinski definition) is 1. The van der Waals surface area contributed by atoms with Crippen LogP contribution < -0.4 is 5.69 Å². The zero-order valence-corrected chi connectivity index (χ0v) is 23.9. The summed E-state index contributed by atoms with van der Waals surface area (Å²) in [6, 6.07) is 31.4. The number of benzene rings is 4. The third kappa shape index (κ3) is 4.51. The summed E-state index contributed by atoms with van der Waals surface area (Å²) in [6.07, 6.45) is 3.52. The number of para-hydroxylation sites is 2. The molecule has 0 unspecified atom stereocenters. The number of aromatic nitrogens is 6. The summed E-state index contributed by atoms with van der Waals surface area (Å²) in [4.78, 5) is 33.0. The molecule has 8 nitrogen and oxygen atoms in total. The first-order valence-electron chi connectivity index (χ1n) is 14.8. The Labute approximate surface area is 248 Å². The van der Waals surface area contributed by atoms with Gasteiger partial charge in [0.1, 0.15) is 6.33 Å². The fourth-order valence-electron chi connectivity index (χ4n) is 6.55. The molecule has 0 radical (unpaired) electrons. The minimum Gasteiger partial charge on any atom is -0.351 e. The van der Waals surface area contributed by atoms with Gasteiger partial charge >= 0.3 is 5.69 Å². The van der Waals surface area contributed by atoms with Crippen LogP contribution in [0.1, 0.15) is 24.4 Å². The maximum atomic E-state index is 13.0. The Balaban J connectivity index is 1.04. The zero-order chi connectivity index (χ0) is 28.9. The highest BCUT2D eigenvalue weighted by molar-refractivity contribution is 5.94. The summed E-state index contributed by atoms with van der Waals surface area (Å²) in [6.45, 7) is 2.81. The quantitative estimate of drug-likeness (QED) is 0.264. The van der Waals surface area contributed by atoms with Gasteiger partial charge in [-0.15, -0.1) is 0 Å². The van der Waals surface area contributed by atoms with Gasteiger partial charge in [-0.1, -0.05) is 66.7 Å². The normalized spacial score (nSPS) is 14.7. The highest BCUT2D eigenvalue weighted by Crippen LogP contribution is 2.33. The number of hydrogen-bond acceptors (Lipinski definition) is 5. The first-order valence-corrected chi connectivity index (χ1v) is 14.8. The smallest absolute Gasteiger partial charge is 0.329 e. The van der Waals surface area contributed by atoms with Gasteiger partial charge in [-0.05, 0) is 42.7 Å². The number of piperidine rings is 1. The highest BCUT2D eigenvalue weighted by atomic mass is 16.1. The molecule has 3 aromatic heterocycles. The predicted octanol–water partition coefficient (Wildman–Crippen LogP) is 6.33. The van der Waals surface area contributed by atoms with Crippen LogP contribution in [-0.4, -0.2) is 47.1 Å². The number of nitrogens with one attached hydrogen (secondary N) is 1. The van der Waals surface area contributed by atoms with Crippen molar-refractivity contribution in [3.63, 3.8) is 0 Å². The molecule has 4 aromatic carbocycles. The van der Waals surface area contributed by atoms with Crippen molar-refractivity contribution < 1.29 is 0 Å². The van der Waals surface area contributed by atoms with Crippen LogP contribution in [0.15, 0.2) is 102 Å². The number of aromatic amines is 1. The standard InChI is InChI=1S/C35H31N7O/c1-40-31-9-5-6-10-32(31)42(35(40)43)26-15-17-41(18-16-26)21-23-11-13-25(14-12-23)34-33(24-7-3-2-4-8-24)38-29-19-27-28(37-22-36-27)20-30(29)39-34/h2-14,19-20,22,26,39H,15-18,21H2,1H3. The number of rotatable bonds is 5. The van der Waals surface area contributed by atoms with Gasteiger partial charge in [0, 0.05) is 43.9 Å². The fraction of sp³-hybridized carbons (Fsp3) is 0.200. The topological polar surface area (TPSA) is 84.6 Å². The first kappa shape index (κ1) is 25.6. The molecule has 1 saturated heterocycles. The number of likely N-dealkylation sites (tertiary alicyclic amines) is 1. The average molecular weight is 566 g/mol. The van der Waals surface area contributed by atoms with Gasteiger partial charge < -0.3 is 4.98 Å². The third-order valence-corrected chi connectivity index (χ3v) is 8.83. The molecule has 0 bridgehead atoms. The number of aryl methyl sites for hydroxylation is 1. The molecule has 0 amide bonds. The predicted molar refractivity (Wildman–Crippen MR) is 171 cm³/mol. The molecule has 0 atom stereocenters. The van der Waals surface area contributed by atoms with E-state index in [4.69, 9.17) is 4.98 Å². The van der Waals surface area contributed by atoms with Gasteiger partial charge in [0.2, 0.25) is 0 Å². The van der Waals surface area contributed by atoms with Crippen LogP contribution in [0, 0.1) is 0 Å². The molecule has 1 aliphatic heterocycles. The van der Waals surface area contributed by atoms with Crippen molar-refractivity contribution in [3.8, 4) is 22.5 Å². The van der Waals surface area contributed by atoms with Crippen molar-refractivity contribution in [1.82, 2.24) is 34.0 Å². The molecule has 4 heterocycles. The van der Waals surface area contributed by atoms with E-state index < -0.39 is 0 Å². The molecule has 0 spiro atoms. The molecular formula is C35H31N7O. The number of nitrogens with zero attached hydrogens (tertiary/aromatic N) is 6. The van der Waals surface area contributed by atoms with E-state index in [1.807, 2.05) is 60.1 Å². The third-order valence-electron chi connectivity index (χ3n) is 8.83. The average Bonchev–Trinajstić information content (AvgIpc) is 3.61. The van der Waals surface area contributed by atoms with E-state index in [-0.39, 0.29) is 11.7 Å². The molecule has 8 rings (SSSR count). The SMILES string of the molecule is Cn1c(=O)n(C2CCN(Cc3ccc(-c4[nH]c5cc6ncnc6cc5nc4-c4ccccc4)cc3)CC2)c2ccccc21. The minimum absolute atomic E-state index is 0.0807. The Morgan fingerprint density at radius 2 is 1.49 bits per heavy atom. The maximum absolute atomic E-state index is 13.0. The van der Waals surface area contributed by atoms with Gasteiger partial charge in [0.05, 0.1) is 44.5 Å². The molecule has 7 aromatic rings. The summed E-state index contributed by atoms with van der Waals surface area (Å²) in [5.74, 6) is 0. The van der Waals surface area contributed by atoms with E-state index in [0.29, 0.717) is 0 Å². The molecule has 212 valence electrons. The Morgan fingerprint density at radius 1 is 0.791 bits per heavy atom. The minimum atomic E-state index is 0.0807. The summed E-state index contributed by atoms with van der Waals surface area (Å²) in [7, 11) is 1.87. The van der Waals surface area contributed by atoms with E-state index in [9.17, 15) is 4.79 Å². The number of imidazole rings is 2. The van der Waals surface area contributed by atoms with E-state index in [1.165, 1.54) is 5.56 Å². The lowest BCUT2D eigenvalue weighted by atomic mass is 10.0. The van der Waals surface area contributed by atoms with Crippen molar-refractivity contribution in [2.24, 2.45) is 7.05 Å². The lowest BCUT2D eigenvalue weighted by molar-refractivity contribution is 0.179. The summed E-state index contributed by atoms with van der Waals surface area (Å²) in [5, 5.41) is 0. The molecule has 0 saturated carbocycles. The summed E-state index contributed by atoms with van der Waals surface area (Å²) >= 11 is 0. The van der Waals surface area contributed by atoms with Crippen LogP contribution in [0.4, 0.5) is 0 Å². The van der Waals surface area contributed by atoms with Crippen LogP contribution in [0.2, 0.25) is 0 Å². The van der Waals surface area contributed by atoms with Crippen molar-refractivity contribution in [2.75, 3.05) is 13.1 Å². The van der Waals surface area contributed by atoms with Crippen molar-refractivity contribution in [3.05, 3.63) is 113 Å². The molecule has 1 N–H and O–H groups in total. The van der Waals surface area contributed by atoms with Gasteiger partial charge in [-0.3, -0.25) is 14.0 Å². The maximum Gasteiger partial charge on any atom is 0.329 e. The molecular weight excluding hydrogens is 534 g/mol. The van der Waals surface area contributed by atoms with E-state index in [2.05, 4.69) is 62.3 Å². The van der Waals surface area contributed by atoms with Crippen molar-refractivity contribution in [1.29, 1.82) is 0 Å². The van der Waals surface area contributed by atoms with Crippen LogP contribution in [-0.2, 0) is 13.6 Å². The lowest BCUT2D eigenvalue weighted by Crippen LogP contribution is -2.37. The van der Waals surface area contributed by atoms with Crippen LogP contribution in [0.25, 0.3) is 55.6 Å². The molecule has 1 aliphatic rings. The van der Waals surface area contributed by atoms with Crippen LogP contribution in [0.3, 0.4) is 0 Å². The Kier molecular flexibility index (Phi) is 6.15. The van der Waals surface area contributed by atoms with Gasteiger partial charge in [0.25, 0.3) is 0 Å². The molecule has 43 heavy (non-hydrogen) atoms. The second-order valence-electron chi connectivity index (χ2n) is 11.5. The number of H-pyrrole nitrogens is 1. The van der Waals surface area contributed by atoms with Crippen molar-refractivity contribution in [2.45, 2.75) is 25.4 Å². The Bertz CT molecular complexity index is 2150. The Morgan fingerprint density at radius 3 is 2.26 bits per heavy atom. The van der Waals surface area contributed by atoms with Crippen LogP contribution in [0.5, 0.6) is 0 Å². The Hall–Kier alpha value is -5.08.